The molecule has 0 aromatic rings. The van der Waals surface area contributed by atoms with Gasteiger partial charge in [0, 0.05) is 6.42 Å². The molecule has 0 saturated carbocycles. The molecule has 0 heterocycles. The highest BCUT2D eigenvalue weighted by Gasteiger charge is 2.26. The standard InChI is InChI=1S/C48H88NO7P/c1-6-8-10-12-14-16-18-20-22-24-25-26-27-29-31-33-35-37-39-41-48(50)56-47(46-55-57(51,52)54-44-42-49(3,4)5)45-53-43-40-38-36-34-32-30-28-23-21-19-17-15-13-11-9-7-2/h14,16,20,22,25-26,29,31,40,43,47H,6-13,15,17-19,21,23-24,27-28,30,32-39,41-42,44-46H2,1-5H3/p+1. The van der Waals surface area contributed by atoms with E-state index in [2.05, 4.69) is 62.5 Å². The molecule has 332 valence electrons. The number of esters is 1. The van der Waals surface area contributed by atoms with Gasteiger partial charge in [0.05, 0.1) is 34.0 Å². The first-order valence-corrected chi connectivity index (χ1v) is 24.6. The smallest absolute Gasteiger partial charge is 0.472 e. The Morgan fingerprint density at radius 3 is 1.49 bits per heavy atom. The molecule has 0 aliphatic carbocycles. The second kappa shape index (κ2) is 40.8. The maximum absolute atomic E-state index is 12.7. The fraction of sp³-hybridized carbons (Fsp3) is 0.771. The third-order valence-electron chi connectivity index (χ3n) is 9.65. The van der Waals surface area contributed by atoms with E-state index >= 15 is 0 Å². The lowest BCUT2D eigenvalue weighted by atomic mass is 10.0. The van der Waals surface area contributed by atoms with E-state index in [1.165, 1.54) is 109 Å². The van der Waals surface area contributed by atoms with Crippen LogP contribution in [0.15, 0.2) is 60.9 Å². The predicted octanol–water partition coefficient (Wildman–Crippen LogP) is 14.1. The van der Waals surface area contributed by atoms with Crippen LogP contribution in [0.4, 0.5) is 0 Å². The van der Waals surface area contributed by atoms with Crippen molar-refractivity contribution in [3.8, 4) is 0 Å². The lowest BCUT2D eigenvalue weighted by molar-refractivity contribution is -0.870. The summed E-state index contributed by atoms with van der Waals surface area (Å²) < 4.78 is 34.7. The topological polar surface area (TPSA) is 91.3 Å². The van der Waals surface area contributed by atoms with Crippen molar-refractivity contribution in [2.75, 3.05) is 47.5 Å². The third kappa shape index (κ3) is 45.0. The fourth-order valence-electron chi connectivity index (χ4n) is 6.03. The van der Waals surface area contributed by atoms with Gasteiger partial charge in [0.2, 0.25) is 0 Å². The summed E-state index contributed by atoms with van der Waals surface area (Å²) in [5, 5.41) is 0. The summed E-state index contributed by atoms with van der Waals surface area (Å²) in [4.78, 5) is 22.9. The van der Waals surface area contributed by atoms with Crippen molar-refractivity contribution in [1.29, 1.82) is 0 Å². The molecule has 2 unspecified atom stereocenters. The lowest BCUT2D eigenvalue weighted by Crippen LogP contribution is -2.37. The Morgan fingerprint density at radius 2 is 0.982 bits per heavy atom. The highest BCUT2D eigenvalue weighted by atomic mass is 31.2. The molecule has 9 heteroatoms. The van der Waals surface area contributed by atoms with Crippen molar-refractivity contribution in [1.82, 2.24) is 0 Å². The van der Waals surface area contributed by atoms with Crippen LogP contribution < -0.4 is 0 Å². The Kier molecular flexibility index (Phi) is 39.4. The van der Waals surface area contributed by atoms with Crippen LogP contribution in [0.3, 0.4) is 0 Å². The summed E-state index contributed by atoms with van der Waals surface area (Å²) in [6, 6.07) is 0. The van der Waals surface area contributed by atoms with Crippen LogP contribution in [0.2, 0.25) is 0 Å². The molecule has 2 atom stereocenters. The van der Waals surface area contributed by atoms with Crippen molar-refractivity contribution in [3.05, 3.63) is 60.9 Å². The quantitative estimate of drug-likeness (QED) is 0.0164. The SMILES string of the molecule is CCCCCC=CCC=CCC=CCC=CCCCCCC(=O)OC(COC=CCCCCCCCCCCCCCCCC)COP(=O)(O)OCC[N+](C)(C)C. The van der Waals surface area contributed by atoms with E-state index in [9.17, 15) is 14.3 Å². The van der Waals surface area contributed by atoms with Gasteiger partial charge in [-0.25, -0.2) is 4.57 Å². The number of ether oxygens (including phenoxy) is 2. The number of carbonyl (C=O) groups excluding carboxylic acids is 1. The van der Waals surface area contributed by atoms with Gasteiger partial charge in [-0.15, -0.1) is 0 Å². The minimum absolute atomic E-state index is 0.0337. The molecule has 0 amide bonds. The maximum Gasteiger partial charge on any atom is 0.472 e. The molecular formula is C48H89NO7P+. The molecular weight excluding hydrogens is 734 g/mol. The van der Waals surface area contributed by atoms with Crippen LogP contribution in [-0.4, -0.2) is 69.0 Å². The first kappa shape index (κ1) is 55.0. The van der Waals surface area contributed by atoms with Gasteiger partial charge in [0.1, 0.15) is 19.8 Å². The van der Waals surface area contributed by atoms with Gasteiger partial charge in [0.25, 0.3) is 0 Å². The number of unbranched alkanes of at least 4 members (excludes halogenated alkanes) is 20. The summed E-state index contributed by atoms with van der Waals surface area (Å²) in [5.41, 5.74) is 0. The van der Waals surface area contributed by atoms with E-state index in [1.807, 2.05) is 27.2 Å². The summed E-state index contributed by atoms with van der Waals surface area (Å²) in [6.07, 6.45) is 52.1. The van der Waals surface area contributed by atoms with Crippen LogP contribution in [0.25, 0.3) is 0 Å². The number of hydrogen-bond acceptors (Lipinski definition) is 6. The zero-order valence-corrected chi connectivity index (χ0v) is 38.5. The molecule has 0 aliphatic rings. The minimum Gasteiger partial charge on any atom is -0.498 e. The number of quaternary nitrogens is 1. The Bertz CT molecular complexity index is 1090. The highest BCUT2D eigenvalue weighted by molar-refractivity contribution is 7.47. The average molecular weight is 823 g/mol. The molecule has 0 aliphatic heterocycles. The van der Waals surface area contributed by atoms with E-state index in [-0.39, 0.29) is 32.2 Å². The Morgan fingerprint density at radius 1 is 0.561 bits per heavy atom. The molecule has 0 radical (unpaired) electrons. The van der Waals surface area contributed by atoms with Crippen molar-refractivity contribution in [2.24, 2.45) is 0 Å². The number of carbonyl (C=O) groups is 1. The number of hydrogen-bond donors (Lipinski definition) is 1. The van der Waals surface area contributed by atoms with Crippen LogP contribution in [-0.2, 0) is 27.9 Å². The number of nitrogens with zero attached hydrogens (tertiary/aromatic N) is 1. The van der Waals surface area contributed by atoms with Gasteiger partial charge in [-0.3, -0.25) is 13.8 Å². The monoisotopic (exact) mass is 823 g/mol. The largest absolute Gasteiger partial charge is 0.498 e. The molecule has 0 fully saturated rings. The normalized spacial score (nSPS) is 14.2. The number of likely N-dealkylation sites (N-methyl/N-ethyl adjacent to an activating group) is 1. The molecule has 57 heavy (non-hydrogen) atoms. The number of rotatable bonds is 42. The zero-order valence-electron chi connectivity index (χ0n) is 37.6. The molecule has 0 saturated heterocycles. The highest BCUT2D eigenvalue weighted by Crippen LogP contribution is 2.43. The first-order chi connectivity index (χ1) is 27.6. The van der Waals surface area contributed by atoms with Crippen LogP contribution in [0.5, 0.6) is 0 Å². The summed E-state index contributed by atoms with van der Waals surface area (Å²) in [7, 11) is 1.61. The van der Waals surface area contributed by atoms with Crippen molar-refractivity contribution in [3.63, 3.8) is 0 Å². The minimum atomic E-state index is -4.30. The summed E-state index contributed by atoms with van der Waals surface area (Å²) >= 11 is 0. The summed E-state index contributed by atoms with van der Waals surface area (Å²) in [6.45, 7) is 4.87. The first-order valence-electron chi connectivity index (χ1n) is 23.1. The molecule has 0 aromatic heterocycles. The van der Waals surface area contributed by atoms with Crippen LogP contribution in [0.1, 0.15) is 187 Å². The van der Waals surface area contributed by atoms with Crippen LogP contribution >= 0.6 is 7.82 Å². The van der Waals surface area contributed by atoms with Gasteiger partial charge in [-0.05, 0) is 70.3 Å². The van der Waals surface area contributed by atoms with Gasteiger partial charge in [0.15, 0.2) is 6.10 Å². The molecule has 8 nitrogen and oxygen atoms in total. The van der Waals surface area contributed by atoms with Crippen LogP contribution in [0, 0.1) is 0 Å². The van der Waals surface area contributed by atoms with Gasteiger partial charge < -0.3 is 18.9 Å². The van der Waals surface area contributed by atoms with Gasteiger partial charge >= 0.3 is 13.8 Å². The Labute approximate surface area is 351 Å². The third-order valence-corrected chi connectivity index (χ3v) is 10.6. The second-order valence-corrected chi connectivity index (χ2v) is 18.0. The zero-order chi connectivity index (χ0) is 42.0. The molecule has 0 spiro atoms. The second-order valence-electron chi connectivity index (χ2n) is 16.5. The van der Waals surface area contributed by atoms with Crippen molar-refractivity contribution >= 4 is 13.8 Å². The van der Waals surface area contributed by atoms with Crippen molar-refractivity contribution < 1.29 is 37.3 Å². The van der Waals surface area contributed by atoms with Gasteiger partial charge in [-0.2, -0.15) is 0 Å². The maximum atomic E-state index is 12.7. The van der Waals surface area contributed by atoms with E-state index < -0.39 is 13.9 Å². The predicted molar refractivity (Wildman–Crippen MR) is 242 cm³/mol. The lowest BCUT2D eigenvalue weighted by Gasteiger charge is -2.24. The number of phosphoric acid groups is 1. The molecule has 0 aromatic carbocycles. The number of allylic oxidation sites excluding steroid dienone is 9. The van der Waals surface area contributed by atoms with Gasteiger partial charge in [-0.1, -0.05) is 165 Å². The molecule has 1 N–H and O–H groups in total. The average Bonchev–Trinajstić information content (AvgIpc) is 3.16. The Balaban J connectivity index is 4.34. The Hall–Kier alpha value is -1.96. The number of phosphoric ester groups is 1. The van der Waals surface area contributed by atoms with E-state index in [0.29, 0.717) is 17.4 Å². The molecule has 0 bridgehead atoms. The van der Waals surface area contributed by atoms with E-state index in [4.69, 9.17) is 18.5 Å². The van der Waals surface area contributed by atoms with E-state index in [1.54, 1.807) is 6.26 Å². The fourth-order valence-corrected chi connectivity index (χ4v) is 6.77. The summed E-state index contributed by atoms with van der Waals surface area (Å²) in [5.74, 6) is -0.366. The van der Waals surface area contributed by atoms with Crippen molar-refractivity contribution in [2.45, 2.75) is 193 Å². The molecule has 0 rings (SSSR count). The van der Waals surface area contributed by atoms with E-state index in [0.717, 1.165) is 51.4 Å².